The average Bonchev–Trinajstić information content (AvgIpc) is 2.38. The second-order valence-electron chi connectivity index (χ2n) is 3.91. The summed E-state index contributed by atoms with van der Waals surface area (Å²) in [5.41, 5.74) is -1.14. The largest absolute Gasteiger partial charge is 0.478 e. The molecule has 0 fully saturated rings. The van der Waals surface area contributed by atoms with Gasteiger partial charge in [-0.2, -0.15) is 0 Å². The van der Waals surface area contributed by atoms with Gasteiger partial charge in [0, 0.05) is 13.7 Å². The van der Waals surface area contributed by atoms with Gasteiger partial charge in [-0.05, 0) is 12.1 Å². The van der Waals surface area contributed by atoms with E-state index in [0.29, 0.717) is 5.52 Å². The van der Waals surface area contributed by atoms with Crippen LogP contribution in [-0.4, -0.2) is 34.3 Å². The van der Waals surface area contributed by atoms with Gasteiger partial charge in [-0.3, -0.25) is 14.2 Å². The molecule has 0 aliphatic carbocycles. The fraction of sp³-hybridized carbons (Fsp3) is 0.250. The number of aromatic nitrogens is 2. The van der Waals surface area contributed by atoms with Crippen molar-refractivity contribution < 1.29 is 14.6 Å². The van der Waals surface area contributed by atoms with E-state index in [1.165, 1.54) is 23.8 Å². The summed E-state index contributed by atoms with van der Waals surface area (Å²) < 4.78 is 6.09. The number of hydrogen-bond acceptors (Lipinski definition) is 4. The Bertz CT molecular complexity index is 744. The molecule has 0 bridgehead atoms. The zero-order valence-corrected chi connectivity index (χ0v) is 10.2. The number of carboxylic acid groups (broad SMARTS) is 1. The highest BCUT2D eigenvalue weighted by Gasteiger charge is 2.13. The SMILES string of the molecule is COCCn1c(=O)c(=O)[nH]c2c(C(=O)O)cccc21. The van der Waals surface area contributed by atoms with Crippen LogP contribution in [-0.2, 0) is 11.3 Å². The van der Waals surface area contributed by atoms with Crippen molar-refractivity contribution in [3.63, 3.8) is 0 Å². The minimum atomic E-state index is -1.17. The number of benzene rings is 1. The number of carbonyl (C=O) groups is 1. The van der Waals surface area contributed by atoms with E-state index in [1.807, 2.05) is 0 Å². The molecule has 0 atom stereocenters. The van der Waals surface area contributed by atoms with Crippen LogP contribution in [0.15, 0.2) is 27.8 Å². The van der Waals surface area contributed by atoms with E-state index in [0.717, 1.165) is 0 Å². The first kappa shape index (κ1) is 13.0. The number of nitrogens with one attached hydrogen (secondary N) is 1. The van der Waals surface area contributed by atoms with Gasteiger partial charge >= 0.3 is 17.1 Å². The molecule has 0 saturated carbocycles. The summed E-state index contributed by atoms with van der Waals surface area (Å²) in [6, 6.07) is 4.47. The molecule has 7 heteroatoms. The minimum absolute atomic E-state index is 0.0548. The third kappa shape index (κ3) is 2.27. The molecule has 2 rings (SSSR count). The van der Waals surface area contributed by atoms with E-state index < -0.39 is 17.1 Å². The summed E-state index contributed by atoms with van der Waals surface area (Å²) in [6.45, 7) is 0.425. The summed E-state index contributed by atoms with van der Waals surface area (Å²) in [7, 11) is 1.48. The monoisotopic (exact) mass is 264 g/mol. The summed E-state index contributed by atoms with van der Waals surface area (Å²) in [5, 5.41) is 9.08. The molecule has 19 heavy (non-hydrogen) atoms. The Hall–Kier alpha value is -2.41. The number of ether oxygens (including phenoxy) is 1. The van der Waals surface area contributed by atoms with Crippen molar-refractivity contribution in [3.05, 3.63) is 44.5 Å². The maximum atomic E-state index is 11.8. The number of nitrogens with zero attached hydrogens (tertiary/aromatic N) is 1. The first-order valence-electron chi connectivity index (χ1n) is 5.54. The lowest BCUT2D eigenvalue weighted by molar-refractivity contribution is 0.0699. The quantitative estimate of drug-likeness (QED) is 0.759. The van der Waals surface area contributed by atoms with Gasteiger partial charge in [0.15, 0.2) is 0 Å². The maximum absolute atomic E-state index is 11.8. The lowest BCUT2D eigenvalue weighted by Crippen LogP contribution is -2.37. The van der Waals surface area contributed by atoms with Crippen LogP contribution in [0.3, 0.4) is 0 Å². The summed E-state index contributed by atoms with van der Waals surface area (Å²) in [5.74, 6) is -1.17. The van der Waals surface area contributed by atoms with Crippen molar-refractivity contribution in [2.24, 2.45) is 0 Å². The van der Waals surface area contributed by atoms with E-state index in [4.69, 9.17) is 9.84 Å². The lowest BCUT2D eigenvalue weighted by Gasteiger charge is -2.10. The third-order valence-electron chi connectivity index (χ3n) is 2.76. The number of para-hydroxylation sites is 1. The van der Waals surface area contributed by atoms with E-state index in [-0.39, 0.29) is 24.2 Å². The zero-order chi connectivity index (χ0) is 14.0. The Morgan fingerprint density at radius 1 is 1.42 bits per heavy atom. The molecule has 0 aliphatic rings. The predicted octanol–water partition coefficient (Wildman–Crippen LogP) is 0.0344. The van der Waals surface area contributed by atoms with Crippen molar-refractivity contribution in [2.75, 3.05) is 13.7 Å². The summed E-state index contributed by atoms with van der Waals surface area (Å²) in [4.78, 5) is 36.8. The number of rotatable bonds is 4. The zero-order valence-electron chi connectivity index (χ0n) is 10.2. The molecule has 0 aliphatic heterocycles. The smallest absolute Gasteiger partial charge is 0.337 e. The second-order valence-corrected chi connectivity index (χ2v) is 3.91. The molecule has 1 aromatic carbocycles. The maximum Gasteiger partial charge on any atom is 0.337 e. The highest BCUT2D eigenvalue weighted by atomic mass is 16.5. The second kappa shape index (κ2) is 5.07. The molecule has 1 heterocycles. The van der Waals surface area contributed by atoms with Gasteiger partial charge < -0.3 is 14.8 Å². The van der Waals surface area contributed by atoms with Crippen molar-refractivity contribution >= 4 is 17.0 Å². The van der Waals surface area contributed by atoms with Gasteiger partial charge in [0.1, 0.15) is 0 Å². The fourth-order valence-electron chi connectivity index (χ4n) is 1.88. The standard InChI is InChI=1S/C12H12N2O5/c1-19-6-5-14-8-4-2-3-7(12(17)18)9(8)13-10(15)11(14)16/h2-4H,5-6H2,1H3,(H,13,15)(H,17,18). The Balaban J connectivity index is 2.83. The van der Waals surface area contributed by atoms with E-state index in [9.17, 15) is 14.4 Å². The molecule has 0 radical (unpaired) electrons. The summed E-state index contributed by atoms with van der Waals surface area (Å²) in [6.07, 6.45) is 0. The van der Waals surface area contributed by atoms with Crippen LogP contribution in [0.1, 0.15) is 10.4 Å². The van der Waals surface area contributed by atoms with Gasteiger partial charge in [0.2, 0.25) is 0 Å². The molecule has 2 N–H and O–H groups in total. The molecule has 7 nitrogen and oxygen atoms in total. The molecule has 100 valence electrons. The first-order valence-corrected chi connectivity index (χ1v) is 5.54. The normalized spacial score (nSPS) is 10.8. The molecule has 0 saturated heterocycles. The molecule has 0 unspecified atom stereocenters. The fourth-order valence-corrected chi connectivity index (χ4v) is 1.88. The Labute approximate surface area is 107 Å². The average molecular weight is 264 g/mol. The predicted molar refractivity (Wildman–Crippen MR) is 67.7 cm³/mol. The lowest BCUT2D eigenvalue weighted by atomic mass is 10.1. The van der Waals surface area contributed by atoms with Crippen LogP contribution in [0.25, 0.3) is 11.0 Å². The van der Waals surface area contributed by atoms with Gasteiger partial charge in [-0.1, -0.05) is 6.07 Å². The Morgan fingerprint density at radius 2 is 2.16 bits per heavy atom. The number of aromatic carboxylic acids is 1. The minimum Gasteiger partial charge on any atom is -0.478 e. The third-order valence-corrected chi connectivity index (χ3v) is 2.76. The van der Waals surface area contributed by atoms with Gasteiger partial charge in [0.25, 0.3) is 0 Å². The van der Waals surface area contributed by atoms with Crippen LogP contribution >= 0.6 is 0 Å². The van der Waals surface area contributed by atoms with Crippen LogP contribution < -0.4 is 11.1 Å². The molecule has 0 spiro atoms. The molecule has 1 aromatic heterocycles. The van der Waals surface area contributed by atoms with Crippen molar-refractivity contribution in [1.29, 1.82) is 0 Å². The number of carboxylic acids is 1. The number of methoxy groups -OCH3 is 1. The van der Waals surface area contributed by atoms with Gasteiger partial charge in [-0.25, -0.2) is 4.79 Å². The molecule has 0 amide bonds. The van der Waals surface area contributed by atoms with Crippen LogP contribution in [0.4, 0.5) is 0 Å². The van der Waals surface area contributed by atoms with Crippen LogP contribution in [0.5, 0.6) is 0 Å². The molecule has 2 aromatic rings. The van der Waals surface area contributed by atoms with Crippen molar-refractivity contribution in [3.8, 4) is 0 Å². The Morgan fingerprint density at radius 3 is 2.79 bits per heavy atom. The Kier molecular flexibility index (Phi) is 3.48. The number of hydrogen-bond donors (Lipinski definition) is 2. The molecular formula is C12H12N2O5. The number of H-pyrrole nitrogens is 1. The first-order chi connectivity index (χ1) is 9.06. The van der Waals surface area contributed by atoms with Crippen molar-refractivity contribution in [1.82, 2.24) is 9.55 Å². The van der Waals surface area contributed by atoms with Crippen LogP contribution in [0, 0.1) is 0 Å². The topological polar surface area (TPSA) is 101 Å². The number of aromatic amines is 1. The van der Waals surface area contributed by atoms with Crippen LogP contribution in [0.2, 0.25) is 0 Å². The molecular weight excluding hydrogens is 252 g/mol. The van der Waals surface area contributed by atoms with Gasteiger partial charge in [-0.15, -0.1) is 0 Å². The van der Waals surface area contributed by atoms with E-state index in [2.05, 4.69) is 4.98 Å². The van der Waals surface area contributed by atoms with E-state index >= 15 is 0 Å². The highest BCUT2D eigenvalue weighted by molar-refractivity contribution is 6.00. The number of fused-ring (bicyclic) bond motifs is 1. The van der Waals surface area contributed by atoms with Gasteiger partial charge in [0.05, 0.1) is 23.2 Å². The summed E-state index contributed by atoms with van der Waals surface area (Å²) >= 11 is 0. The van der Waals surface area contributed by atoms with Crippen molar-refractivity contribution in [2.45, 2.75) is 6.54 Å². The van der Waals surface area contributed by atoms with E-state index in [1.54, 1.807) is 6.07 Å². The highest BCUT2D eigenvalue weighted by Crippen LogP contribution is 2.14.